The molecule has 0 bridgehead atoms. The first kappa shape index (κ1) is 22.1. The molecule has 160 valence electrons. The van der Waals surface area contributed by atoms with Gasteiger partial charge in [-0.3, -0.25) is 9.59 Å². The van der Waals surface area contributed by atoms with E-state index in [9.17, 15) is 9.59 Å². The van der Waals surface area contributed by atoms with Gasteiger partial charge in [-0.1, -0.05) is 74.5 Å². The van der Waals surface area contributed by atoms with Crippen molar-refractivity contribution < 1.29 is 14.3 Å². The molecule has 1 atom stereocenters. The van der Waals surface area contributed by atoms with Crippen LogP contribution in [0.25, 0.3) is 0 Å². The molecule has 0 saturated heterocycles. The number of nitrogens with one attached hydrogen (secondary N) is 2. The number of ether oxygens (including phenoxy) is 1. The number of rotatable bonds is 8. The third-order valence-corrected chi connectivity index (χ3v) is 5.14. The van der Waals surface area contributed by atoms with E-state index in [-0.39, 0.29) is 23.8 Å². The lowest BCUT2D eigenvalue weighted by molar-refractivity contribution is -0.124. The van der Waals surface area contributed by atoms with Crippen molar-refractivity contribution in [2.75, 3.05) is 7.11 Å². The van der Waals surface area contributed by atoms with E-state index in [1.165, 1.54) is 0 Å². The summed E-state index contributed by atoms with van der Waals surface area (Å²) >= 11 is 0. The minimum atomic E-state index is -0.676. The standard InChI is InChI=1S/C26H28N2O3/c1-18(2)23(27-25(29)21-14-16-22(31-3)17-15-21)26(30)28-24(19-10-6-4-7-11-19)20-12-8-5-9-13-20/h4-18,23-24H,1-3H3,(H,27,29)(H,28,30). The van der Waals surface area contributed by atoms with Gasteiger partial charge in [0, 0.05) is 5.56 Å². The van der Waals surface area contributed by atoms with Gasteiger partial charge < -0.3 is 15.4 Å². The van der Waals surface area contributed by atoms with Crippen LogP contribution in [0.1, 0.15) is 41.4 Å². The molecule has 0 spiro atoms. The van der Waals surface area contributed by atoms with Gasteiger partial charge in [0.2, 0.25) is 5.91 Å². The molecule has 2 amide bonds. The summed E-state index contributed by atoms with van der Waals surface area (Å²) in [5.74, 6) is 0.0553. The number of hydrogen-bond donors (Lipinski definition) is 2. The van der Waals surface area contributed by atoms with Gasteiger partial charge in [-0.15, -0.1) is 0 Å². The molecule has 0 fully saturated rings. The molecule has 3 aromatic carbocycles. The molecular weight excluding hydrogens is 388 g/mol. The Hall–Kier alpha value is -3.60. The van der Waals surface area contributed by atoms with Crippen LogP contribution in [0.15, 0.2) is 84.9 Å². The topological polar surface area (TPSA) is 67.4 Å². The summed E-state index contributed by atoms with van der Waals surface area (Å²) in [6.45, 7) is 3.83. The van der Waals surface area contributed by atoms with E-state index in [0.29, 0.717) is 11.3 Å². The molecule has 3 aromatic rings. The van der Waals surface area contributed by atoms with Gasteiger partial charge in [0.15, 0.2) is 0 Å². The SMILES string of the molecule is COc1ccc(C(=O)NC(C(=O)NC(c2ccccc2)c2ccccc2)C(C)C)cc1. The summed E-state index contributed by atoms with van der Waals surface area (Å²) in [5, 5.41) is 6.02. The molecule has 0 aliphatic heterocycles. The Morgan fingerprint density at radius 1 is 0.742 bits per heavy atom. The van der Waals surface area contributed by atoms with Crippen LogP contribution in [-0.2, 0) is 4.79 Å². The lowest BCUT2D eigenvalue weighted by atomic mass is 9.96. The van der Waals surface area contributed by atoms with Crippen molar-refractivity contribution in [2.45, 2.75) is 25.9 Å². The van der Waals surface area contributed by atoms with Crippen LogP contribution in [0.4, 0.5) is 0 Å². The minimum Gasteiger partial charge on any atom is -0.497 e. The fourth-order valence-corrected chi connectivity index (χ4v) is 3.38. The molecule has 0 aromatic heterocycles. The number of carbonyl (C=O) groups excluding carboxylic acids is 2. The Kier molecular flexibility index (Phi) is 7.44. The predicted molar refractivity (Wildman–Crippen MR) is 122 cm³/mol. The molecule has 0 aliphatic carbocycles. The summed E-state index contributed by atoms with van der Waals surface area (Å²) in [5.41, 5.74) is 2.43. The van der Waals surface area contributed by atoms with Crippen LogP contribution in [-0.4, -0.2) is 25.0 Å². The molecule has 0 heterocycles. The molecule has 5 nitrogen and oxygen atoms in total. The van der Waals surface area contributed by atoms with Crippen molar-refractivity contribution in [1.29, 1.82) is 0 Å². The highest BCUT2D eigenvalue weighted by Gasteiger charge is 2.27. The first-order valence-electron chi connectivity index (χ1n) is 10.3. The monoisotopic (exact) mass is 416 g/mol. The molecule has 5 heteroatoms. The third kappa shape index (κ3) is 5.72. The number of amides is 2. The minimum absolute atomic E-state index is 0.0885. The number of benzene rings is 3. The average Bonchev–Trinajstić information content (AvgIpc) is 2.81. The Balaban J connectivity index is 1.80. The lowest BCUT2D eigenvalue weighted by Gasteiger charge is -2.26. The maximum Gasteiger partial charge on any atom is 0.251 e. The molecule has 0 saturated carbocycles. The number of carbonyl (C=O) groups is 2. The van der Waals surface area contributed by atoms with E-state index in [1.807, 2.05) is 74.5 Å². The summed E-state index contributed by atoms with van der Waals surface area (Å²) in [6.07, 6.45) is 0. The summed E-state index contributed by atoms with van der Waals surface area (Å²) in [6, 6.07) is 25.4. The average molecular weight is 417 g/mol. The predicted octanol–water partition coefficient (Wildman–Crippen LogP) is 4.36. The second-order valence-corrected chi connectivity index (χ2v) is 7.69. The van der Waals surface area contributed by atoms with Crippen molar-refractivity contribution in [3.8, 4) is 5.75 Å². The van der Waals surface area contributed by atoms with E-state index in [1.54, 1.807) is 31.4 Å². The van der Waals surface area contributed by atoms with Gasteiger partial charge in [0.05, 0.1) is 13.2 Å². The van der Waals surface area contributed by atoms with E-state index < -0.39 is 6.04 Å². The van der Waals surface area contributed by atoms with Gasteiger partial charge in [0.1, 0.15) is 11.8 Å². The number of hydrogen-bond acceptors (Lipinski definition) is 3. The molecule has 1 unspecified atom stereocenters. The maximum atomic E-state index is 13.3. The highest BCUT2D eigenvalue weighted by Crippen LogP contribution is 2.22. The quantitative estimate of drug-likeness (QED) is 0.574. The van der Waals surface area contributed by atoms with Gasteiger partial charge in [-0.2, -0.15) is 0 Å². The zero-order valence-electron chi connectivity index (χ0n) is 18.0. The largest absolute Gasteiger partial charge is 0.497 e. The molecule has 31 heavy (non-hydrogen) atoms. The number of methoxy groups -OCH3 is 1. The van der Waals surface area contributed by atoms with Crippen molar-refractivity contribution in [2.24, 2.45) is 5.92 Å². The zero-order chi connectivity index (χ0) is 22.2. The molecule has 0 radical (unpaired) electrons. The molecule has 3 rings (SSSR count). The first-order valence-corrected chi connectivity index (χ1v) is 10.3. The van der Waals surface area contributed by atoms with Gasteiger partial charge in [-0.25, -0.2) is 0 Å². The third-order valence-electron chi connectivity index (χ3n) is 5.14. The van der Waals surface area contributed by atoms with E-state index in [2.05, 4.69) is 10.6 Å². The van der Waals surface area contributed by atoms with Gasteiger partial charge in [-0.05, 0) is 41.3 Å². The fourth-order valence-electron chi connectivity index (χ4n) is 3.38. The Morgan fingerprint density at radius 2 is 1.26 bits per heavy atom. The lowest BCUT2D eigenvalue weighted by Crippen LogP contribution is -2.50. The van der Waals surface area contributed by atoms with Crippen molar-refractivity contribution in [3.63, 3.8) is 0 Å². The highest BCUT2D eigenvalue weighted by atomic mass is 16.5. The first-order chi connectivity index (χ1) is 15.0. The van der Waals surface area contributed by atoms with Crippen molar-refractivity contribution in [3.05, 3.63) is 102 Å². The normalized spacial score (nSPS) is 11.8. The summed E-state index contributed by atoms with van der Waals surface area (Å²) in [4.78, 5) is 26.0. The second kappa shape index (κ2) is 10.4. The van der Waals surface area contributed by atoms with E-state index in [0.717, 1.165) is 11.1 Å². The van der Waals surface area contributed by atoms with Crippen molar-refractivity contribution in [1.82, 2.24) is 10.6 Å². The Morgan fingerprint density at radius 3 is 1.71 bits per heavy atom. The Bertz CT molecular complexity index is 947. The Labute approximate surface area is 183 Å². The van der Waals surface area contributed by atoms with Gasteiger partial charge in [0.25, 0.3) is 5.91 Å². The van der Waals surface area contributed by atoms with Crippen LogP contribution in [0, 0.1) is 5.92 Å². The maximum absolute atomic E-state index is 13.3. The second-order valence-electron chi connectivity index (χ2n) is 7.69. The molecular formula is C26H28N2O3. The molecule has 2 N–H and O–H groups in total. The van der Waals surface area contributed by atoms with Crippen LogP contribution < -0.4 is 15.4 Å². The van der Waals surface area contributed by atoms with Crippen LogP contribution in [0.3, 0.4) is 0 Å². The smallest absolute Gasteiger partial charge is 0.251 e. The fraction of sp³-hybridized carbons (Fsp3) is 0.231. The summed E-state index contributed by atoms with van der Waals surface area (Å²) < 4.78 is 5.14. The van der Waals surface area contributed by atoms with Crippen LogP contribution >= 0.6 is 0 Å². The molecule has 0 aliphatic rings. The van der Waals surface area contributed by atoms with Crippen LogP contribution in [0.5, 0.6) is 5.75 Å². The zero-order valence-corrected chi connectivity index (χ0v) is 18.0. The van der Waals surface area contributed by atoms with Crippen molar-refractivity contribution >= 4 is 11.8 Å². The van der Waals surface area contributed by atoms with Gasteiger partial charge >= 0.3 is 0 Å². The summed E-state index contributed by atoms with van der Waals surface area (Å²) in [7, 11) is 1.57. The highest BCUT2D eigenvalue weighted by molar-refractivity contribution is 5.97. The van der Waals surface area contributed by atoms with E-state index in [4.69, 9.17) is 4.74 Å². The van der Waals surface area contributed by atoms with Crippen LogP contribution in [0.2, 0.25) is 0 Å². The van der Waals surface area contributed by atoms with E-state index >= 15 is 0 Å².